The fourth-order valence-corrected chi connectivity index (χ4v) is 6.63. The van der Waals surface area contributed by atoms with Gasteiger partial charge >= 0.3 is 6.09 Å². The number of likely N-dealkylation sites (tertiary alicyclic amines) is 1. The van der Waals surface area contributed by atoms with Crippen LogP contribution in [0.5, 0.6) is 5.88 Å². The third kappa shape index (κ3) is 6.86. The van der Waals surface area contributed by atoms with Gasteiger partial charge in [-0.15, -0.1) is 0 Å². The Balaban J connectivity index is 1.14. The summed E-state index contributed by atoms with van der Waals surface area (Å²) in [5.41, 5.74) is 0.967. The highest BCUT2D eigenvalue weighted by Gasteiger charge is 2.34. The molecule has 3 aromatic rings. The second kappa shape index (κ2) is 14.1. The number of hydrogen-bond donors (Lipinski definition) is 0. The van der Waals surface area contributed by atoms with E-state index in [-0.39, 0.29) is 35.9 Å². The van der Waals surface area contributed by atoms with Gasteiger partial charge in [-0.25, -0.2) is 18.6 Å². The first-order valence-electron chi connectivity index (χ1n) is 16.1. The predicted molar refractivity (Wildman–Crippen MR) is 165 cm³/mol. The smallest absolute Gasteiger partial charge is 0.409 e. The second-order valence-electron chi connectivity index (χ2n) is 12.0. The van der Waals surface area contributed by atoms with Crippen LogP contribution in [-0.4, -0.2) is 107 Å². The van der Waals surface area contributed by atoms with Crippen LogP contribution >= 0.6 is 0 Å². The molecule has 12 nitrogen and oxygen atoms in total. The number of ether oxygens (including phenoxy) is 3. The lowest BCUT2D eigenvalue weighted by Crippen LogP contribution is -2.49. The van der Waals surface area contributed by atoms with Crippen LogP contribution in [0.15, 0.2) is 30.3 Å². The van der Waals surface area contributed by atoms with Crippen LogP contribution in [0.4, 0.5) is 19.5 Å². The predicted octanol–water partition coefficient (Wildman–Crippen LogP) is 4.61. The normalized spacial score (nSPS) is 21.1. The molecule has 4 heterocycles. The van der Waals surface area contributed by atoms with E-state index in [1.165, 1.54) is 4.57 Å². The number of morpholine rings is 1. The van der Waals surface area contributed by atoms with Gasteiger partial charge < -0.3 is 28.9 Å². The first kappa shape index (κ1) is 31.9. The van der Waals surface area contributed by atoms with Gasteiger partial charge in [-0.3, -0.25) is 9.36 Å². The molecule has 0 bridgehead atoms. The number of nitrogens with zero attached hydrogens (tertiary/aromatic N) is 7. The topological polar surface area (TPSA) is 115 Å². The van der Waals surface area contributed by atoms with Crippen molar-refractivity contribution in [1.29, 1.82) is 0 Å². The van der Waals surface area contributed by atoms with Crippen molar-refractivity contribution in [2.75, 3.05) is 57.9 Å². The molecular weight excluding hydrogens is 600 g/mol. The lowest BCUT2D eigenvalue weighted by Gasteiger charge is -2.38. The van der Waals surface area contributed by atoms with E-state index >= 15 is 0 Å². The average molecular weight is 642 g/mol. The number of benzene rings is 1. The monoisotopic (exact) mass is 641 g/mol. The molecule has 3 aliphatic rings. The summed E-state index contributed by atoms with van der Waals surface area (Å²) in [5.74, 6) is 0.559. The number of para-hydroxylation sites is 2. The molecule has 2 saturated heterocycles. The Morgan fingerprint density at radius 2 is 1.72 bits per heavy atom. The van der Waals surface area contributed by atoms with Crippen molar-refractivity contribution < 1.29 is 32.6 Å². The largest absolute Gasteiger partial charge is 0.474 e. The van der Waals surface area contributed by atoms with E-state index in [1.807, 2.05) is 16.8 Å². The molecule has 1 aromatic carbocycles. The Labute approximate surface area is 266 Å². The summed E-state index contributed by atoms with van der Waals surface area (Å²) in [6.45, 7) is 5.44. The Bertz CT molecular complexity index is 1520. The fraction of sp³-hybridized carbons (Fsp3) is 0.594. The number of piperidine rings is 1. The number of amides is 2. The van der Waals surface area contributed by atoms with Crippen LogP contribution in [-0.2, 0) is 14.3 Å². The zero-order valence-corrected chi connectivity index (χ0v) is 26.3. The van der Waals surface area contributed by atoms with Crippen molar-refractivity contribution in [2.45, 2.75) is 64.0 Å². The van der Waals surface area contributed by atoms with Gasteiger partial charge in [0.25, 0.3) is 6.43 Å². The van der Waals surface area contributed by atoms with E-state index in [9.17, 15) is 18.4 Å². The number of fused-ring (bicyclic) bond motifs is 1. The number of halogens is 2. The first-order chi connectivity index (χ1) is 22.3. The number of anilines is 1. The van der Waals surface area contributed by atoms with Crippen molar-refractivity contribution >= 4 is 29.0 Å². The Hall–Kier alpha value is -4.07. The summed E-state index contributed by atoms with van der Waals surface area (Å²) in [7, 11) is 1.86. The third-order valence-electron chi connectivity index (χ3n) is 9.18. The quantitative estimate of drug-likeness (QED) is 0.348. The molecule has 248 valence electrons. The van der Waals surface area contributed by atoms with Crippen LogP contribution < -0.4 is 9.64 Å². The number of aromatic nitrogens is 4. The van der Waals surface area contributed by atoms with E-state index in [0.717, 1.165) is 12.8 Å². The number of alkyl halides is 2. The average Bonchev–Trinajstić information content (AvgIpc) is 3.49. The van der Waals surface area contributed by atoms with Gasteiger partial charge in [-0.1, -0.05) is 12.1 Å². The van der Waals surface area contributed by atoms with E-state index < -0.39 is 12.2 Å². The molecule has 2 amide bonds. The summed E-state index contributed by atoms with van der Waals surface area (Å²) in [6, 6.07) is 8.66. The minimum atomic E-state index is -2.81. The molecule has 0 unspecified atom stereocenters. The number of imidazole rings is 1. The van der Waals surface area contributed by atoms with Gasteiger partial charge in [0.2, 0.25) is 17.7 Å². The summed E-state index contributed by atoms with van der Waals surface area (Å²) in [5, 5.41) is 0. The molecule has 2 aliphatic heterocycles. The van der Waals surface area contributed by atoms with Crippen LogP contribution in [0.25, 0.3) is 16.9 Å². The molecule has 3 fully saturated rings. The fourth-order valence-electron chi connectivity index (χ4n) is 6.63. The SMILES string of the molecule is CCOC(=O)N1CCC(N(C)C(=O)C2CCC(Oc3cc(-n4c(C(F)F)nc5ccccc54)nc(N4CCOCC4)n3)CC2)CC1. The molecule has 1 aliphatic carbocycles. The second-order valence-corrected chi connectivity index (χ2v) is 12.0. The van der Waals surface area contributed by atoms with Crippen molar-refractivity contribution in [2.24, 2.45) is 5.92 Å². The molecule has 0 spiro atoms. The zero-order valence-electron chi connectivity index (χ0n) is 26.3. The maximum absolute atomic E-state index is 14.2. The maximum Gasteiger partial charge on any atom is 0.409 e. The highest BCUT2D eigenvalue weighted by Crippen LogP contribution is 2.33. The molecule has 46 heavy (non-hydrogen) atoms. The van der Waals surface area contributed by atoms with Gasteiger partial charge in [-0.2, -0.15) is 9.97 Å². The van der Waals surface area contributed by atoms with Crippen LogP contribution in [0.2, 0.25) is 0 Å². The molecule has 6 rings (SSSR count). The van der Waals surface area contributed by atoms with E-state index in [1.54, 1.807) is 42.2 Å². The minimum Gasteiger partial charge on any atom is -0.474 e. The summed E-state index contributed by atoms with van der Waals surface area (Å²) in [6.07, 6.45) is 0.820. The lowest BCUT2D eigenvalue weighted by atomic mass is 9.86. The lowest BCUT2D eigenvalue weighted by molar-refractivity contribution is -0.138. The maximum atomic E-state index is 14.2. The summed E-state index contributed by atoms with van der Waals surface area (Å²) >= 11 is 0. The highest BCUT2D eigenvalue weighted by atomic mass is 19.3. The summed E-state index contributed by atoms with van der Waals surface area (Å²) < 4.78 is 46.8. The van der Waals surface area contributed by atoms with Crippen LogP contribution in [0, 0.1) is 5.92 Å². The summed E-state index contributed by atoms with van der Waals surface area (Å²) in [4.78, 5) is 44.6. The first-order valence-corrected chi connectivity index (χ1v) is 16.1. The molecule has 14 heteroatoms. The van der Waals surface area contributed by atoms with Gasteiger partial charge in [-0.05, 0) is 57.6 Å². The van der Waals surface area contributed by atoms with Crippen LogP contribution in [0.1, 0.15) is 57.7 Å². The van der Waals surface area contributed by atoms with Gasteiger partial charge in [0.05, 0.1) is 30.9 Å². The molecule has 0 atom stereocenters. The number of carbonyl (C=O) groups excluding carboxylic acids is 2. The standard InChI is InChI=1S/C32H41F2N7O5/c1-3-45-32(43)40-14-12-22(13-15-40)38(2)30(42)21-8-10-23(11-9-21)46-27-20-26(36-31(37-27)39-16-18-44-19-17-39)41-25-7-5-4-6-24(25)35-29(41)28(33)34/h4-7,20-23,28H,3,8-19H2,1-2H3. The minimum absolute atomic E-state index is 0.0857. The van der Waals surface area contributed by atoms with Crippen molar-refractivity contribution in [3.8, 4) is 11.7 Å². The van der Waals surface area contributed by atoms with Crippen molar-refractivity contribution in [1.82, 2.24) is 29.3 Å². The van der Waals surface area contributed by atoms with E-state index in [0.29, 0.717) is 94.5 Å². The van der Waals surface area contributed by atoms with Crippen molar-refractivity contribution in [3.63, 3.8) is 0 Å². The zero-order chi connectivity index (χ0) is 32.2. The number of hydrogen-bond acceptors (Lipinski definition) is 9. The molecule has 0 N–H and O–H groups in total. The van der Waals surface area contributed by atoms with E-state index in [2.05, 4.69) is 4.98 Å². The Morgan fingerprint density at radius 1 is 1.00 bits per heavy atom. The van der Waals surface area contributed by atoms with Gasteiger partial charge in [0.15, 0.2) is 5.82 Å². The molecular formula is C32H41F2N7O5. The van der Waals surface area contributed by atoms with Gasteiger partial charge in [0.1, 0.15) is 11.9 Å². The van der Waals surface area contributed by atoms with Crippen molar-refractivity contribution in [3.05, 3.63) is 36.2 Å². The molecule has 2 aromatic heterocycles. The Morgan fingerprint density at radius 3 is 2.41 bits per heavy atom. The third-order valence-corrected chi connectivity index (χ3v) is 9.18. The molecule has 1 saturated carbocycles. The number of carbonyl (C=O) groups is 2. The van der Waals surface area contributed by atoms with E-state index in [4.69, 9.17) is 24.2 Å². The molecule has 0 radical (unpaired) electrons. The van der Waals surface area contributed by atoms with Gasteiger partial charge in [0, 0.05) is 51.3 Å². The Kier molecular flexibility index (Phi) is 9.81. The van der Waals surface area contributed by atoms with Crippen LogP contribution in [0.3, 0.4) is 0 Å². The highest BCUT2D eigenvalue weighted by molar-refractivity contribution is 5.79. The number of rotatable bonds is 8.